The Kier molecular flexibility index (Phi) is 5.37. The predicted octanol–water partition coefficient (Wildman–Crippen LogP) is 0.866. The third kappa shape index (κ3) is 3.75. The summed E-state index contributed by atoms with van der Waals surface area (Å²) in [5.74, 6) is 0.558. The van der Waals surface area contributed by atoms with Crippen LogP contribution in [0.2, 0.25) is 0 Å². The average Bonchev–Trinajstić information content (AvgIpc) is 2.54. The van der Waals surface area contributed by atoms with Crippen molar-refractivity contribution in [2.45, 2.75) is 12.8 Å². The van der Waals surface area contributed by atoms with Crippen molar-refractivity contribution in [3.8, 4) is 5.75 Å². The number of methoxy groups -OCH3 is 1. The molecule has 1 N–H and O–H groups in total. The van der Waals surface area contributed by atoms with Gasteiger partial charge in [0.05, 0.1) is 13.7 Å². The molecule has 0 saturated carbocycles. The summed E-state index contributed by atoms with van der Waals surface area (Å²) in [4.78, 5) is 20.6. The van der Waals surface area contributed by atoms with Gasteiger partial charge in [0.25, 0.3) is 5.91 Å². The van der Waals surface area contributed by atoms with Crippen molar-refractivity contribution < 1.29 is 14.6 Å². The highest BCUT2D eigenvalue weighted by molar-refractivity contribution is 5.92. The molecule has 1 saturated heterocycles. The quantitative estimate of drug-likeness (QED) is 0.874. The Balaban J connectivity index is 2.02. The first kappa shape index (κ1) is 16.7. The number of ether oxygens (including phenoxy) is 1. The number of aliphatic hydroxyl groups is 1. The normalized spacial score (nSPS) is 17.6. The van der Waals surface area contributed by atoms with Crippen LogP contribution in [0.5, 0.6) is 5.75 Å². The molecule has 0 bridgehead atoms. The smallest absolute Gasteiger partial charge is 0.272 e. The number of hydrogen-bond donors (Lipinski definition) is 1. The van der Waals surface area contributed by atoms with E-state index in [0.29, 0.717) is 24.5 Å². The largest absolute Gasteiger partial charge is 0.497 e. The monoisotopic (exact) mass is 307 g/mol. The van der Waals surface area contributed by atoms with E-state index in [1.165, 1.54) is 0 Å². The molecular weight excluding hydrogens is 282 g/mol. The van der Waals surface area contributed by atoms with Crippen LogP contribution in [0.15, 0.2) is 18.3 Å². The van der Waals surface area contributed by atoms with E-state index in [1.54, 1.807) is 25.4 Å². The lowest BCUT2D eigenvalue weighted by molar-refractivity contribution is 0.0220. The van der Waals surface area contributed by atoms with Crippen LogP contribution >= 0.6 is 0 Å². The second kappa shape index (κ2) is 7.07. The molecule has 22 heavy (non-hydrogen) atoms. The third-order valence-electron chi connectivity index (χ3n) is 4.28. The van der Waals surface area contributed by atoms with Gasteiger partial charge in [0.2, 0.25) is 0 Å². The van der Waals surface area contributed by atoms with Gasteiger partial charge in [0.1, 0.15) is 11.4 Å². The van der Waals surface area contributed by atoms with Gasteiger partial charge in [-0.05, 0) is 33.0 Å². The first-order valence-corrected chi connectivity index (χ1v) is 7.54. The molecule has 0 aliphatic carbocycles. The summed E-state index contributed by atoms with van der Waals surface area (Å²) < 4.78 is 5.14. The number of aliphatic hydroxyl groups excluding tert-OH is 1. The van der Waals surface area contributed by atoms with E-state index in [-0.39, 0.29) is 17.9 Å². The average molecular weight is 307 g/mol. The summed E-state index contributed by atoms with van der Waals surface area (Å²) in [6.07, 6.45) is 3.19. The summed E-state index contributed by atoms with van der Waals surface area (Å²) >= 11 is 0. The standard InChI is InChI=1S/C16H25N3O3/c1-18(2)11-16(12-20)5-8-19(9-6-16)15(21)14-10-13(22-3)4-7-17-14/h4,7,10,20H,5-6,8-9,11-12H2,1-3H3. The molecule has 6 nitrogen and oxygen atoms in total. The fourth-order valence-electron chi connectivity index (χ4n) is 3.04. The highest BCUT2D eigenvalue weighted by Gasteiger charge is 2.36. The van der Waals surface area contributed by atoms with Crippen molar-refractivity contribution in [3.05, 3.63) is 24.0 Å². The van der Waals surface area contributed by atoms with Crippen molar-refractivity contribution in [1.82, 2.24) is 14.8 Å². The molecule has 1 aliphatic heterocycles. The Morgan fingerprint density at radius 2 is 2.14 bits per heavy atom. The van der Waals surface area contributed by atoms with Crippen LogP contribution in [-0.4, -0.2) is 73.2 Å². The fourth-order valence-corrected chi connectivity index (χ4v) is 3.04. The summed E-state index contributed by atoms with van der Waals surface area (Å²) in [7, 11) is 5.59. The van der Waals surface area contributed by atoms with Gasteiger partial charge in [-0.25, -0.2) is 0 Å². The van der Waals surface area contributed by atoms with Crippen molar-refractivity contribution in [1.29, 1.82) is 0 Å². The van der Waals surface area contributed by atoms with E-state index in [4.69, 9.17) is 4.74 Å². The molecule has 1 fully saturated rings. The Morgan fingerprint density at radius 3 is 2.68 bits per heavy atom. The van der Waals surface area contributed by atoms with E-state index in [0.717, 1.165) is 19.4 Å². The second-order valence-electron chi connectivity index (χ2n) is 6.27. The van der Waals surface area contributed by atoms with Gasteiger partial charge >= 0.3 is 0 Å². The number of nitrogens with zero attached hydrogens (tertiary/aromatic N) is 3. The number of aromatic nitrogens is 1. The molecule has 1 aliphatic rings. The molecule has 0 spiro atoms. The van der Waals surface area contributed by atoms with E-state index >= 15 is 0 Å². The van der Waals surface area contributed by atoms with Crippen LogP contribution in [0, 0.1) is 5.41 Å². The molecule has 0 unspecified atom stereocenters. The van der Waals surface area contributed by atoms with Gasteiger partial charge in [0.15, 0.2) is 0 Å². The first-order chi connectivity index (χ1) is 10.5. The number of carbonyl (C=O) groups excluding carboxylic acids is 1. The number of amides is 1. The van der Waals surface area contributed by atoms with E-state index in [1.807, 2.05) is 19.0 Å². The Labute approximate surface area is 131 Å². The molecule has 6 heteroatoms. The van der Waals surface area contributed by atoms with Crippen LogP contribution < -0.4 is 4.74 Å². The van der Waals surface area contributed by atoms with E-state index < -0.39 is 0 Å². The van der Waals surface area contributed by atoms with Crippen LogP contribution in [0.3, 0.4) is 0 Å². The van der Waals surface area contributed by atoms with Gasteiger partial charge in [-0.3, -0.25) is 9.78 Å². The van der Waals surface area contributed by atoms with Crippen LogP contribution in [0.4, 0.5) is 0 Å². The minimum absolute atomic E-state index is 0.0738. The highest BCUT2D eigenvalue weighted by atomic mass is 16.5. The first-order valence-electron chi connectivity index (χ1n) is 7.54. The predicted molar refractivity (Wildman–Crippen MR) is 84.0 cm³/mol. The summed E-state index contributed by atoms with van der Waals surface area (Å²) in [5.41, 5.74) is 0.297. The molecule has 1 amide bonds. The molecule has 0 atom stereocenters. The number of hydrogen-bond acceptors (Lipinski definition) is 5. The fraction of sp³-hybridized carbons (Fsp3) is 0.625. The van der Waals surface area contributed by atoms with Crippen molar-refractivity contribution in [2.75, 3.05) is 47.4 Å². The maximum atomic E-state index is 12.5. The summed E-state index contributed by atoms with van der Waals surface area (Å²) in [5, 5.41) is 9.74. The Morgan fingerprint density at radius 1 is 1.45 bits per heavy atom. The van der Waals surface area contributed by atoms with Crippen LogP contribution in [-0.2, 0) is 0 Å². The van der Waals surface area contributed by atoms with Gasteiger partial charge in [0, 0.05) is 37.3 Å². The van der Waals surface area contributed by atoms with Gasteiger partial charge < -0.3 is 19.6 Å². The maximum absolute atomic E-state index is 12.5. The zero-order valence-electron chi connectivity index (χ0n) is 13.6. The van der Waals surface area contributed by atoms with Crippen molar-refractivity contribution in [2.24, 2.45) is 5.41 Å². The van der Waals surface area contributed by atoms with E-state index in [2.05, 4.69) is 9.88 Å². The topological polar surface area (TPSA) is 65.9 Å². The molecule has 0 aromatic carbocycles. The lowest BCUT2D eigenvalue weighted by atomic mass is 9.78. The van der Waals surface area contributed by atoms with Crippen LogP contribution in [0.1, 0.15) is 23.3 Å². The minimum atomic E-state index is -0.109. The van der Waals surface area contributed by atoms with Gasteiger partial charge in [-0.15, -0.1) is 0 Å². The summed E-state index contributed by atoms with van der Waals surface area (Å²) in [6, 6.07) is 3.39. The zero-order valence-corrected chi connectivity index (χ0v) is 13.6. The van der Waals surface area contributed by atoms with Gasteiger partial charge in [-0.2, -0.15) is 0 Å². The van der Waals surface area contributed by atoms with E-state index in [9.17, 15) is 9.90 Å². The molecular formula is C16H25N3O3. The maximum Gasteiger partial charge on any atom is 0.272 e. The molecule has 2 heterocycles. The lowest BCUT2D eigenvalue weighted by Gasteiger charge is -2.42. The lowest BCUT2D eigenvalue weighted by Crippen LogP contribution is -2.48. The number of likely N-dealkylation sites (tertiary alicyclic amines) is 1. The number of rotatable bonds is 5. The molecule has 2 rings (SSSR count). The molecule has 122 valence electrons. The van der Waals surface area contributed by atoms with Crippen molar-refractivity contribution in [3.63, 3.8) is 0 Å². The number of carbonyl (C=O) groups is 1. The molecule has 0 radical (unpaired) electrons. The van der Waals surface area contributed by atoms with Crippen molar-refractivity contribution >= 4 is 5.91 Å². The third-order valence-corrected chi connectivity index (χ3v) is 4.28. The SMILES string of the molecule is COc1ccnc(C(=O)N2CCC(CO)(CN(C)C)CC2)c1. The van der Waals surface area contributed by atoms with Crippen LogP contribution in [0.25, 0.3) is 0 Å². The Bertz CT molecular complexity index is 511. The van der Waals surface area contributed by atoms with Gasteiger partial charge in [-0.1, -0.05) is 0 Å². The highest BCUT2D eigenvalue weighted by Crippen LogP contribution is 2.32. The molecule has 1 aromatic heterocycles. The minimum Gasteiger partial charge on any atom is -0.497 e. The zero-order chi connectivity index (χ0) is 16.2. The Hall–Kier alpha value is -1.66. The summed E-state index contributed by atoms with van der Waals surface area (Å²) in [6.45, 7) is 2.28. The molecule has 1 aromatic rings. The second-order valence-corrected chi connectivity index (χ2v) is 6.27. The number of pyridine rings is 1. The number of piperidine rings is 1.